The molecule has 1 aromatic rings. The molecule has 0 spiro atoms. The number of carbonyl (C=O) groups is 2. The number of hydrogen-bond donors (Lipinski definition) is 2. The van der Waals surface area contributed by atoms with Crippen molar-refractivity contribution in [2.75, 3.05) is 5.32 Å². The Balaban J connectivity index is 1.83. The van der Waals surface area contributed by atoms with Gasteiger partial charge >= 0.3 is 0 Å². The topological polar surface area (TPSA) is 58.2 Å². The Morgan fingerprint density at radius 3 is 2.53 bits per heavy atom. The maximum atomic E-state index is 11.6. The molecule has 4 nitrogen and oxygen atoms in total. The van der Waals surface area contributed by atoms with Crippen LogP contribution in [0.3, 0.4) is 0 Å². The molecule has 1 fully saturated rings. The summed E-state index contributed by atoms with van der Waals surface area (Å²) in [5.74, 6) is 0.211. The first kappa shape index (κ1) is 13.3. The zero-order valence-electron chi connectivity index (χ0n) is 11.0. The van der Waals surface area contributed by atoms with Gasteiger partial charge in [-0.2, -0.15) is 0 Å². The van der Waals surface area contributed by atoms with E-state index in [0.717, 1.165) is 24.1 Å². The molecule has 0 saturated heterocycles. The molecule has 1 aliphatic rings. The summed E-state index contributed by atoms with van der Waals surface area (Å²) in [4.78, 5) is 22.8. The molecule has 4 heteroatoms. The second-order valence-electron chi connectivity index (χ2n) is 4.68. The van der Waals surface area contributed by atoms with Gasteiger partial charge in [0.25, 0.3) is 0 Å². The van der Waals surface area contributed by atoms with Crippen LogP contribution < -0.4 is 10.6 Å². The van der Waals surface area contributed by atoms with Gasteiger partial charge in [-0.05, 0) is 43.5 Å². The lowest BCUT2D eigenvalue weighted by Gasteiger charge is -2.06. The highest BCUT2D eigenvalue weighted by atomic mass is 16.2. The van der Waals surface area contributed by atoms with E-state index in [4.69, 9.17) is 0 Å². The minimum Gasteiger partial charge on any atom is -0.348 e. The normalized spacial score (nSPS) is 14.4. The van der Waals surface area contributed by atoms with Crippen molar-refractivity contribution in [2.45, 2.75) is 26.3 Å². The molecule has 2 rings (SSSR count). The third kappa shape index (κ3) is 4.25. The summed E-state index contributed by atoms with van der Waals surface area (Å²) in [6, 6.07) is 7.52. The van der Waals surface area contributed by atoms with Crippen LogP contribution in [-0.4, -0.2) is 11.8 Å². The molecule has 0 unspecified atom stereocenters. The zero-order valence-corrected chi connectivity index (χ0v) is 11.0. The number of carbonyl (C=O) groups excluding carboxylic acids is 2. The predicted octanol–water partition coefficient (Wildman–Crippen LogP) is 2.23. The van der Waals surface area contributed by atoms with E-state index in [1.807, 2.05) is 24.3 Å². The summed E-state index contributed by atoms with van der Waals surface area (Å²) in [7, 11) is 0. The third-order valence-electron chi connectivity index (χ3n) is 2.95. The number of amides is 2. The molecular formula is C15H18N2O2. The summed E-state index contributed by atoms with van der Waals surface area (Å²) in [6.45, 7) is 2.29. The number of allylic oxidation sites excluding steroid dienone is 1. The molecule has 0 aliphatic heterocycles. The van der Waals surface area contributed by atoms with Crippen molar-refractivity contribution < 1.29 is 9.59 Å². The average Bonchev–Trinajstić information content (AvgIpc) is 3.22. The summed E-state index contributed by atoms with van der Waals surface area (Å²) in [5, 5.41) is 5.65. The average molecular weight is 258 g/mol. The van der Waals surface area contributed by atoms with E-state index in [1.165, 1.54) is 6.08 Å². The minimum atomic E-state index is -0.103. The van der Waals surface area contributed by atoms with Crippen molar-refractivity contribution in [3.63, 3.8) is 0 Å². The fourth-order valence-corrected chi connectivity index (χ4v) is 1.70. The van der Waals surface area contributed by atoms with Crippen LogP contribution in [0.2, 0.25) is 0 Å². The van der Waals surface area contributed by atoms with Crippen LogP contribution in [0.1, 0.15) is 25.3 Å². The molecule has 19 heavy (non-hydrogen) atoms. The van der Waals surface area contributed by atoms with E-state index < -0.39 is 0 Å². The number of hydrogen-bond acceptors (Lipinski definition) is 2. The maximum Gasteiger partial charge on any atom is 0.243 e. The van der Waals surface area contributed by atoms with Crippen LogP contribution in [0.25, 0.3) is 0 Å². The molecule has 1 aromatic carbocycles. The van der Waals surface area contributed by atoms with Gasteiger partial charge < -0.3 is 10.6 Å². The Morgan fingerprint density at radius 1 is 1.26 bits per heavy atom. The van der Waals surface area contributed by atoms with Gasteiger partial charge in [0.2, 0.25) is 11.8 Å². The molecule has 0 bridgehead atoms. The van der Waals surface area contributed by atoms with Crippen LogP contribution in [0.4, 0.5) is 5.69 Å². The molecule has 0 radical (unpaired) electrons. The Labute approximate surface area is 112 Å². The van der Waals surface area contributed by atoms with Gasteiger partial charge in [-0.15, -0.1) is 0 Å². The number of benzene rings is 1. The molecule has 0 heterocycles. The lowest BCUT2D eigenvalue weighted by Crippen LogP contribution is -2.20. The zero-order chi connectivity index (χ0) is 13.7. The van der Waals surface area contributed by atoms with Crippen LogP contribution in [0.15, 0.2) is 36.4 Å². The second-order valence-corrected chi connectivity index (χ2v) is 4.68. The van der Waals surface area contributed by atoms with Crippen molar-refractivity contribution >= 4 is 17.5 Å². The quantitative estimate of drug-likeness (QED) is 0.796. The van der Waals surface area contributed by atoms with Crippen molar-refractivity contribution in [1.29, 1.82) is 0 Å². The van der Waals surface area contributed by atoms with Crippen molar-refractivity contribution in [2.24, 2.45) is 5.92 Å². The second kappa shape index (κ2) is 6.18. The van der Waals surface area contributed by atoms with Gasteiger partial charge in [0.1, 0.15) is 0 Å². The van der Waals surface area contributed by atoms with E-state index in [-0.39, 0.29) is 17.7 Å². The van der Waals surface area contributed by atoms with Crippen LogP contribution in [0, 0.1) is 5.92 Å². The Bertz CT molecular complexity index is 487. The largest absolute Gasteiger partial charge is 0.348 e. The van der Waals surface area contributed by atoms with E-state index in [1.54, 1.807) is 13.0 Å². The smallest absolute Gasteiger partial charge is 0.243 e. The standard InChI is InChI=1S/C15H18N2O2/c1-2-3-14(18)16-10-11-4-8-13(9-5-11)17-15(19)12-6-7-12/h2-5,8-9,12H,6-7,10H2,1H3,(H,16,18)(H,17,19). The molecule has 0 atom stereocenters. The summed E-state index contributed by atoms with van der Waals surface area (Å²) in [5.41, 5.74) is 1.81. The molecule has 1 aliphatic carbocycles. The number of rotatable bonds is 5. The first-order chi connectivity index (χ1) is 9.19. The van der Waals surface area contributed by atoms with Crippen LogP contribution >= 0.6 is 0 Å². The van der Waals surface area contributed by atoms with Gasteiger partial charge in [-0.3, -0.25) is 9.59 Å². The van der Waals surface area contributed by atoms with Crippen LogP contribution in [0.5, 0.6) is 0 Å². The number of anilines is 1. The van der Waals surface area contributed by atoms with Gasteiger partial charge in [0.15, 0.2) is 0 Å². The summed E-state index contributed by atoms with van der Waals surface area (Å²) >= 11 is 0. The highest BCUT2D eigenvalue weighted by Crippen LogP contribution is 2.30. The van der Waals surface area contributed by atoms with E-state index in [2.05, 4.69) is 10.6 Å². The van der Waals surface area contributed by atoms with Crippen molar-refractivity contribution in [1.82, 2.24) is 5.32 Å². The molecule has 1 saturated carbocycles. The maximum absolute atomic E-state index is 11.6. The van der Waals surface area contributed by atoms with Gasteiger partial charge in [0.05, 0.1) is 0 Å². The summed E-state index contributed by atoms with van der Waals surface area (Å²) < 4.78 is 0. The van der Waals surface area contributed by atoms with E-state index in [9.17, 15) is 9.59 Å². The first-order valence-corrected chi connectivity index (χ1v) is 6.49. The monoisotopic (exact) mass is 258 g/mol. The minimum absolute atomic E-state index is 0.103. The van der Waals surface area contributed by atoms with Crippen molar-refractivity contribution in [3.8, 4) is 0 Å². The summed E-state index contributed by atoms with van der Waals surface area (Å²) in [6.07, 6.45) is 5.19. The first-order valence-electron chi connectivity index (χ1n) is 6.49. The molecule has 2 N–H and O–H groups in total. The predicted molar refractivity (Wildman–Crippen MR) is 74.5 cm³/mol. The third-order valence-corrected chi connectivity index (χ3v) is 2.95. The fraction of sp³-hybridized carbons (Fsp3) is 0.333. The lowest BCUT2D eigenvalue weighted by molar-refractivity contribution is -0.117. The van der Waals surface area contributed by atoms with E-state index in [0.29, 0.717) is 6.54 Å². The molecule has 2 amide bonds. The Morgan fingerprint density at radius 2 is 1.95 bits per heavy atom. The van der Waals surface area contributed by atoms with E-state index >= 15 is 0 Å². The SMILES string of the molecule is CC=CC(=O)NCc1ccc(NC(=O)C2CC2)cc1. The van der Waals surface area contributed by atoms with Gasteiger partial charge in [-0.1, -0.05) is 18.2 Å². The molecule has 0 aromatic heterocycles. The molecule has 100 valence electrons. The highest BCUT2D eigenvalue weighted by molar-refractivity contribution is 5.94. The highest BCUT2D eigenvalue weighted by Gasteiger charge is 2.29. The Hall–Kier alpha value is -2.10. The lowest BCUT2D eigenvalue weighted by atomic mass is 10.2. The van der Waals surface area contributed by atoms with Crippen LogP contribution in [-0.2, 0) is 16.1 Å². The van der Waals surface area contributed by atoms with Gasteiger partial charge in [0, 0.05) is 18.2 Å². The number of nitrogens with one attached hydrogen (secondary N) is 2. The van der Waals surface area contributed by atoms with Gasteiger partial charge in [-0.25, -0.2) is 0 Å². The van der Waals surface area contributed by atoms with Crippen molar-refractivity contribution in [3.05, 3.63) is 42.0 Å². The molecular weight excluding hydrogens is 240 g/mol. The fourth-order valence-electron chi connectivity index (χ4n) is 1.70. The Kier molecular flexibility index (Phi) is 4.34.